The number of epoxide rings is 1. The van der Waals surface area contributed by atoms with E-state index in [-0.39, 0.29) is 22.7 Å². The average molecular weight is 366 g/mol. The normalized spacial score (nSPS) is 27.4. The number of carboxylic acid groups (broad SMARTS) is 1. The summed E-state index contributed by atoms with van der Waals surface area (Å²) in [5.74, 6) is 0.0347. The van der Waals surface area contributed by atoms with Crippen molar-refractivity contribution in [2.24, 2.45) is 0 Å². The third-order valence-corrected chi connectivity index (χ3v) is 5.80. The fraction of sp³-hybridized carbons (Fsp3) is 0.435. The topological polar surface area (TPSA) is 59.1 Å². The van der Waals surface area contributed by atoms with Crippen LogP contribution < -0.4 is 4.74 Å². The van der Waals surface area contributed by atoms with Crippen LogP contribution in [0.3, 0.4) is 0 Å². The Morgan fingerprint density at radius 3 is 2.33 bits per heavy atom. The molecular weight excluding hydrogens is 340 g/mol. The Labute approximate surface area is 160 Å². The van der Waals surface area contributed by atoms with Crippen molar-refractivity contribution in [2.45, 2.75) is 63.8 Å². The molecule has 2 aromatic carbocycles. The Morgan fingerprint density at radius 2 is 1.70 bits per heavy atom. The van der Waals surface area contributed by atoms with Gasteiger partial charge in [0, 0.05) is 5.56 Å². The highest BCUT2D eigenvalue weighted by molar-refractivity contribution is 5.87. The molecule has 0 amide bonds. The van der Waals surface area contributed by atoms with Crippen LogP contribution in [-0.4, -0.2) is 16.7 Å². The highest BCUT2D eigenvalue weighted by atomic mass is 16.6. The quantitative estimate of drug-likeness (QED) is 0.758. The summed E-state index contributed by atoms with van der Waals surface area (Å²) in [6.07, 6.45) is 0.885. The SMILES string of the molecule is CC1(C)CC(C)(C)c2cc([C@@]3(C)O[C@@H]3c3ccc(C(=O)O)cc3)ccc2O1. The Kier molecular flexibility index (Phi) is 3.73. The monoisotopic (exact) mass is 366 g/mol. The lowest BCUT2D eigenvalue weighted by Gasteiger charge is -2.42. The minimum absolute atomic E-state index is 0.0248. The van der Waals surface area contributed by atoms with E-state index in [1.54, 1.807) is 12.1 Å². The van der Waals surface area contributed by atoms with Gasteiger partial charge in [-0.25, -0.2) is 4.79 Å². The zero-order chi connectivity index (χ0) is 19.6. The van der Waals surface area contributed by atoms with E-state index in [0.717, 1.165) is 23.3 Å². The van der Waals surface area contributed by atoms with E-state index in [4.69, 9.17) is 14.6 Å². The van der Waals surface area contributed by atoms with Crippen molar-refractivity contribution in [3.8, 4) is 5.75 Å². The van der Waals surface area contributed by atoms with Gasteiger partial charge in [-0.3, -0.25) is 0 Å². The molecule has 0 saturated carbocycles. The van der Waals surface area contributed by atoms with Crippen molar-refractivity contribution in [3.05, 3.63) is 64.7 Å². The minimum atomic E-state index is -0.916. The van der Waals surface area contributed by atoms with Gasteiger partial charge in [0.2, 0.25) is 0 Å². The van der Waals surface area contributed by atoms with E-state index in [1.807, 2.05) is 12.1 Å². The average Bonchev–Trinajstić information content (AvgIpc) is 3.26. The maximum absolute atomic E-state index is 11.0. The maximum atomic E-state index is 11.0. The molecule has 0 bridgehead atoms. The van der Waals surface area contributed by atoms with Crippen LogP contribution in [0.5, 0.6) is 5.75 Å². The first-order chi connectivity index (χ1) is 12.5. The molecule has 142 valence electrons. The molecular formula is C23H26O4. The van der Waals surface area contributed by atoms with Crippen molar-refractivity contribution in [1.29, 1.82) is 0 Å². The zero-order valence-corrected chi connectivity index (χ0v) is 16.5. The van der Waals surface area contributed by atoms with Crippen molar-refractivity contribution in [1.82, 2.24) is 0 Å². The van der Waals surface area contributed by atoms with Crippen LogP contribution in [-0.2, 0) is 15.8 Å². The molecule has 1 saturated heterocycles. The number of carboxylic acids is 1. The third-order valence-electron chi connectivity index (χ3n) is 5.80. The van der Waals surface area contributed by atoms with Gasteiger partial charge in [0.1, 0.15) is 23.1 Å². The molecule has 1 N–H and O–H groups in total. The molecule has 4 rings (SSSR count). The van der Waals surface area contributed by atoms with Crippen molar-refractivity contribution in [2.75, 3.05) is 0 Å². The Morgan fingerprint density at radius 1 is 1.04 bits per heavy atom. The van der Waals surface area contributed by atoms with Gasteiger partial charge >= 0.3 is 5.97 Å². The molecule has 27 heavy (non-hydrogen) atoms. The molecule has 0 aromatic heterocycles. The van der Waals surface area contributed by atoms with E-state index in [2.05, 4.69) is 52.8 Å². The van der Waals surface area contributed by atoms with E-state index >= 15 is 0 Å². The highest BCUT2D eigenvalue weighted by Gasteiger charge is 2.55. The number of hydrogen-bond acceptors (Lipinski definition) is 3. The first kappa shape index (κ1) is 18.1. The summed E-state index contributed by atoms with van der Waals surface area (Å²) in [4.78, 5) is 11.0. The first-order valence-electron chi connectivity index (χ1n) is 9.37. The Hall–Kier alpha value is -2.33. The largest absolute Gasteiger partial charge is 0.488 e. The third kappa shape index (κ3) is 3.02. The number of rotatable bonds is 3. The second kappa shape index (κ2) is 5.59. The lowest BCUT2D eigenvalue weighted by Crippen LogP contribution is -2.41. The molecule has 4 nitrogen and oxygen atoms in total. The number of carbonyl (C=O) groups is 1. The van der Waals surface area contributed by atoms with E-state index < -0.39 is 11.6 Å². The van der Waals surface area contributed by atoms with E-state index in [1.165, 1.54) is 5.56 Å². The second-order valence-electron chi connectivity index (χ2n) is 9.17. The van der Waals surface area contributed by atoms with Gasteiger partial charge in [-0.05, 0) is 68.0 Å². The Bertz CT molecular complexity index is 910. The lowest BCUT2D eigenvalue weighted by atomic mass is 9.73. The summed E-state index contributed by atoms with van der Waals surface area (Å²) in [7, 11) is 0. The second-order valence-corrected chi connectivity index (χ2v) is 9.17. The van der Waals surface area contributed by atoms with Gasteiger partial charge in [0.15, 0.2) is 0 Å². The molecule has 2 aliphatic heterocycles. The fourth-order valence-electron chi connectivity index (χ4n) is 4.57. The summed E-state index contributed by atoms with van der Waals surface area (Å²) >= 11 is 0. The molecule has 0 unspecified atom stereocenters. The van der Waals surface area contributed by atoms with Crippen LogP contribution in [0.1, 0.15) is 74.2 Å². The van der Waals surface area contributed by atoms with Crippen molar-refractivity contribution in [3.63, 3.8) is 0 Å². The van der Waals surface area contributed by atoms with Gasteiger partial charge in [-0.2, -0.15) is 0 Å². The van der Waals surface area contributed by atoms with Crippen LogP contribution in [0, 0.1) is 0 Å². The van der Waals surface area contributed by atoms with Crippen LogP contribution >= 0.6 is 0 Å². The van der Waals surface area contributed by atoms with Gasteiger partial charge in [-0.15, -0.1) is 0 Å². The summed E-state index contributed by atoms with van der Waals surface area (Å²) < 4.78 is 12.3. The van der Waals surface area contributed by atoms with Gasteiger partial charge in [0.05, 0.1) is 5.56 Å². The fourth-order valence-corrected chi connectivity index (χ4v) is 4.57. The number of hydrogen-bond donors (Lipinski definition) is 1. The number of ether oxygens (including phenoxy) is 2. The smallest absolute Gasteiger partial charge is 0.335 e. The minimum Gasteiger partial charge on any atom is -0.488 e. The van der Waals surface area contributed by atoms with Crippen molar-refractivity contribution < 1.29 is 19.4 Å². The van der Waals surface area contributed by atoms with Crippen LogP contribution in [0.25, 0.3) is 0 Å². The highest BCUT2D eigenvalue weighted by Crippen LogP contribution is 2.58. The molecule has 2 atom stereocenters. The summed E-state index contributed by atoms with van der Waals surface area (Å²) in [5.41, 5.74) is 3.08. The molecule has 1 fully saturated rings. The first-order valence-corrected chi connectivity index (χ1v) is 9.37. The lowest BCUT2D eigenvalue weighted by molar-refractivity contribution is 0.0532. The summed E-state index contributed by atoms with van der Waals surface area (Å²) in [5, 5.41) is 9.07. The number of fused-ring (bicyclic) bond motifs is 1. The van der Waals surface area contributed by atoms with Gasteiger partial charge < -0.3 is 14.6 Å². The van der Waals surface area contributed by atoms with Gasteiger partial charge in [0.25, 0.3) is 0 Å². The van der Waals surface area contributed by atoms with Gasteiger partial charge in [-0.1, -0.05) is 32.0 Å². The number of aromatic carboxylic acids is 1. The molecule has 0 spiro atoms. The summed E-state index contributed by atoms with van der Waals surface area (Å²) in [6, 6.07) is 13.3. The van der Waals surface area contributed by atoms with Crippen LogP contribution in [0.2, 0.25) is 0 Å². The molecule has 0 radical (unpaired) electrons. The van der Waals surface area contributed by atoms with E-state index in [9.17, 15) is 4.79 Å². The predicted molar refractivity (Wildman–Crippen MR) is 103 cm³/mol. The van der Waals surface area contributed by atoms with Crippen LogP contribution in [0.15, 0.2) is 42.5 Å². The standard InChI is InChI=1S/C23H26O4/c1-21(2)13-22(3,4)26-18-11-10-16(12-17(18)21)23(5)19(27-23)14-6-8-15(9-7-14)20(24)25/h6-12,19H,13H2,1-5H3,(H,24,25)/t19-,23-/m1/s1. The van der Waals surface area contributed by atoms with Crippen molar-refractivity contribution >= 4 is 5.97 Å². The zero-order valence-electron chi connectivity index (χ0n) is 16.5. The Balaban J connectivity index is 1.64. The molecule has 2 aromatic rings. The summed E-state index contributed by atoms with van der Waals surface area (Å²) in [6.45, 7) is 10.9. The molecule has 4 heteroatoms. The molecule has 0 aliphatic carbocycles. The maximum Gasteiger partial charge on any atom is 0.335 e. The molecule has 2 aliphatic rings. The van der Waals surface area contributed by atoms with E-state index in [0.29, 0.717) is 0 Å². The predicted octanol–water partition coefficient (Wildman–Crippen LogP) is 5.21. The van der Waals surface area contributed by atoms with Crippen LogP contribution in [0.4, 0.5) is 0 Å². The number of benzene rings is 2. The molecule has 2 heterocycles.